The minimum Gasteiger partial charge on any atom is -0.464 e. The van der Waals surface area contributed by atoms with Gasteiger partial charge in [0.1, 0.15) is 11.5 Å². The second kappa shape index (κ2) is 6.92. The Morgan fingerprint density at radius 3 is 2.88 bits per heavy atom. The van der Waals surface area contributed by atoms with Gasteiger partial charge in [-0.3, -0.25) is 0 Å². The Morgan fingerprint density at radius 2 is 2.04 bits per heavy atom. The molecule has 0 radical (unpaired) electrons. The van der Waals surface area contributed by atoms with Crippen LogP contribution in [-0.4, -0.2) is 40.6 Å². The lowest BCUT2D eigenvalue weighted by Gasteiger charge is -2.18. The van der Waals surface area contributed by atoms with Gasteiger partial charge in [0.2, 0.25) is 5.95 Å². The monoisotopic (exact) mass is 338 g/mol. The maximum absolute atomic E-state index is 5.80. The van der Waals surface area contributed by atoms with Crippen molar-refractivity contribution in [3.05, 3.63) is 47.9 Å². The normalized spacial score (nSPS) is 19.2. The maximum Gasteiger partial charge on any atom is 0.204 e. The molecule has 0 bridgehead atoms. The second-order valence-corrected chi connectivity index (χ2v) is 7.10. The largest absolute Gasteiger partial charge is 0.464 e. The molecule has 1 atom stereocenters. The third-order valence-electron chi connectivity index (χ3n) is 5.05. The summed E-state index contributed by atoms with van der Waals surface area (Å²) in [5.41, 5.74) is 2.17. The molecule has 25 heavy (non-hydrogen) atoms. The van der Waals surface area contributed by atoms with E-state index in [1.807, 2.05) is 19.1 Å². The first-order valence-electron chi connectivity index (χ1n) is 9.15. The number of hydrogen-bond acceptors (Lipinski definition) is 4. The van der Waals surface area contributed by atoms with Crippen LogP contribution in [-0.2, 0) is 6.54 Å². The van der Waals surface area contributed by atoms with Crippen LogP contribution in [0.2, 0.25) is 0 Å². The molecule has 3 aromatic rings. The molecule has 132 valence electrons. The summed E-state index contributed by atoms with van der Waals surface area (Å²) < 4.78 is 8.04. The van der Waals surface area contributed by atoms with Crippen LogP contribution in [0.3, 0.4) is 0 Å². The number of rotatable bonds is 4. The number of anilines is 1. The number of aromatic nitrogens is 2. The first kappa shape index (κ1) is 16.2. The van der Waals surface area contributed by atoms with E-state index in [-0.39, 0.29) is 0 Å². The van der Waals surface area contributed by atoms with Gasteiger partial charge in [-0.05, 0) is 70.6 Å². The molecule has 0 amide bonds. The summed E-state index contributed by atoms with van der Waals surface area (Å²) in [7, 11) is 2.21. The topological polar surface area (TPSA) is 46.2 Å². The summed E-state index contributed by atoms with van der Waals surface area (Å²) in [6, 6.07) is 12.9. The third-order valence-corrected chi connectivity index (χ3v) is 5.05. The van der Waals surface area contributed by atoms with Gasteiger partial charge >= 0.3 is 0 Å². The van der Waals surface area contributed by atoms with Crippen LogP contribution in [0.4, 0.5) is 5.95 Å². The molecule has 0 spiro atoms. The van der Waals surface area contributed by atoms with Gasteiger partial charge in [-0.1, -0.05) is 12.1 Å². The first-order valence-corrected chi connectivity index (χ1v) is 9.15. The van der Waals surface area contributed by atoms with Crippen molar-refractivity contribution in [2.45, 2.75) is 38.8 Å². The number of benzene rings is 1. The van der Waals surface area contributed by atoms with E-state index in [9.17, 15) is 0 Å². The predicted octanol–water partition coefficient (Wildman–Crippen LogP) is 3.88. The van der Waals surface area contributed by atoms with Crippen molar-refractivity contribution in [2.75, 3.05) is 25.5 Å². The fourth-order valence-corrected chi connectivity index (χ4v) is 3.64. The predicted molar refractivity (Wildman–Crippen MR) is 101 cm³/mol. The molecule has 1 fully saturated rings. The molecule has 4 rings (SSSR count). The summed E-state index contributed by atoms with van der Waals surface area (Å²) in [6.07, 6.45) is 3.57. The van der Waals surface area contributed by atoms with Crippen molar-refractivity contribution in [3.63, 3.8) is 0 Å². The van der Waals surface area contributed by atoms with E-state index in [1.165, 1.54) is 19.4 Å². The van der Waals surface area contributed by atoms with Crippen LogP contribution < -0.4 is 5.32 Å². The van der Waals surface area contributed by atoms with Crippen LogP contribution in [0.15, 0.2) is 40.8 Å². The average molecular weight is 338 g/mol. The van der Waals surface area contributed by atoms with Crippen molar-refractivity contribution in [1.82, 2.24) is 14.5 Å². The van der Waals surface area contributed by atoms with Crippen LogP contribution in [0.25, 0.3) is 11.0 Å². The lowest BCUT2D eigenvalue weighted by atomic mass is 10.1. The Bertz CT molecular complexity index is 850. The SMILES string of the molecule is Cc1ccc(Cn2c(NC3CCCN(C)CC3)nc3ccccc32)o1. The van der Waals surface area contributed by atoms with E-state index in [0.717, 1.165) is 41.5 Å². The van der Waals surface area contributed by atoms with E-state index in [4.69, 9.17) is 9.40 Å². The number of furan rings is 1. The van der Waals surface area contributed by atoms with E-state index >= 15 is 0 Å². The highest BCUT2D eigenvalue weighted by atomic mass is 16.3. The summed E-state index contributed by atoms with van der Waals surface area (Å²) in [5.74, 6) is 2.86. The third kappa shape index (κ3) is 3.56. The zero-order valence-corrected chi connectivity index (χ0v) is 15.0. The van der Waals surface area contributed by atoms with Crippen molar-refractivity contribution in [2.24, 2.45) is 0 Å². The minimum absolute atomic E-state index is 0.471. The van der Waals surface area contributed by atoms with Crippen LogP contribution >= 0.6 is 0 Å². The van der Waals surface area contributed by atoms with E-state index in [0.29, 0.717) is 12.6 Å². The van der Waals surface area contributed by atoms with Gasteiger partial charge in [0, 0.05) is 6.04 Å². The van der Waals surface area contributed by atoms with Crippen LogP contribution in [0.5, 0.6) is 0 Å². The Balaban J connectivity index is 1.64. The molecule has 1 saturated heterocycles. The van der Waals surface area contributed by atoms with Gasteiger partial charge in [-0.25, -0.2) is 4.98 Å². The standard InChI is InChI=1S/C20H26N4O/c1-15-9-10-17(25-15)14-24-19-8-4-3-7-18(19)22-20(24)21-16-6-5-12-23(2)13-11-16/h3-4,7-10,16H,5-6,11-14H2,1-2H3,(H,21,22). The molecule has 3 heterocycles. The van der Waals surface area contributed by atoms with Crippen LogP contribution in [0, 0.1) is 6.92 Å². The Hall–Kier alpha value is -2.27. The lowest BCUT2D eigenvalue weighted by molar-refractivity contribution is 0.348. The molecule has 0 aliphatic carbocycles. The summed E-state index contributed by atoms with van der Waals surface area (Å²) in [5, 5.41) is 3.71. The molecule has 0 saturated carbocycles. The Kier molecular flexibility index (Phi) is 4.49. The van der Waals surface area contributed by atoms with Gasteiger partial charge in [0.25, 0.3) is 0 Å². The number of para-hydroxylation sites is 2. The van der Waals surface area contributed by atoms with Crippen molar-refractivity contribution < 1.29 is 4.42 Å². The molecule has 5 nitrogen and oxygen atoms in total. The van der Waals surface area contributed by atoms with Crippen molar-refractivity contribution in [1.29, 1.82) is 0 Å². The molecule has 2 aromatic heterocycles. The summed E-state index contributed by atoms with van der Waals surface area (Å²) in [4.78, 5) is 7.27. The van der Waals surface area contributed by atoms with Gasteiger partial charge in [0.05, 0.1) is 17.6 Å². The lowest BCUT2D eigenvalue weighted by Crippen LogP contribution is -2.24. The number of nitrogens with zero attached hydrogens (tertiary/aromatic N) is 3. The number of nitrogens with one attached hydrogen (secondary N) is 1. The number of fused-ring (bicyclic) bond motifs is 1. The fraction of sp³-hybridized carbons (Fsp3) is 0.450. The molecule has 1 aliphatic rings. The Morgan fingerprint density at radius 1 is 1.16 bits per heavy atom. The second-order valence-electron chi connectivity index (χ2n) is 7.10. The van der Waals surface area contributed by atoms with Gasteiger partial charge < -0.3 is 19.2 Å². The zero-order chi connectivity index (χ0) is 17.2. The van der Waals surface area contributed by atoms with E-state index < -0.39 is 0 Å². The van der Waals surface area contributed by atoms with Crippen molar-refractivity contribution >= 4 is 17.0 Å². The fourth-order valence-electron chi connectivity index (χ4n) is 3.64. The molecule has 1 unspecified atom stereocenters. The molecular formula is C20H26N4O. The maximum atomic E-state index is 5.80. The minimum atomic E-state index is 0.471. The molecule has 1 aromatic carbocycles. The molecule has 5 heteroatoms. The van der Waals surface area contributed by atoms with Crippen molar-refractivity contribution in [3.8, 4) is 0 Å². The van der Waals surface area contributed by atoms with E-state index in [1.54, 1.807) is 0 Å². The molecule has 1 N–H and O–H groups in total. The smallest absolute Gasteiger partial charge is 0.204 e. The highest BCUT2D eigenvalue weighted by molar-refractivity contribution is 5.78. The van der Waals surface area contributed by atoms with Gasteiger partial charge in [0.15, 0.2) is 0 Å². The highest BCUT2D eigenvalue weighted by Crippen LogP contribution is 2.24. The number of aryl methyl sites for hydroxylation is 1. The average Bonchev–Trinajstić information content (AvgIpc) is 3.09. The van der Waals surface area contributed by atoms with E-state index in [2.05, 4.69) is 46.1 Å². The zero-order valence-electron chi connectivity index (χ0n) is 15.0. The number of hydrogen-bond donors (Lipinski definition) is 1. The highest BCUT2D eigenvalue weighted by Gasteiger charge is 2.18. The number of likely N-dealkylation sites (tertiary alicyclic amines) is 1. The first-order chi connectivity index (χ1) is 12.2. The summed E-state index contributed by atoms with van der Waals surface area (Å²) >= 11 is 0. The van der Waals surface area contributed by atoms with Gasteiger partial charge in [-0.15, -0.1) is 0 Å². The quantitative estimate of drug-likeness (QED) is 0.784. The molecule has 1 aliphatic heterocycles. The number of imidazole rings is 1. The molecular weight excluding hydrogens is 312 g/mol. The Labute approximate surface area is 148 Å². The van der Waals surface area contributed by atoms with Gasteiger partial charge in [-0.2, -0.15) is 0 Å². The summed E-state index contributed by atoms with van der Waals surface area (Å²) in [6.45, 7) is 5.00. The van der Waals surface area contributed by atoms with Crippen LogP contribution in [0.1, 0.15) is 30.8 Å².